The minimum atomic E-state index is -0.964. The number of aryl methyl sites for hydroxylation is 3. The molecule has 0 aliphatic carbocycles. The van der Waals surface area contributed by atoms with Gasteiger partial charge in [0, 0.05) is 18.7 Å². The molecule has 3 aromatic rings. The van der Waals surface area contributed by atoms with E-state index in [1.54, 1.807) is 6.33 Å². The van der Waals surface area contributed by atoms with Gasteiger partial charge in [0.15, 0.2) is 10.7 Å². The monoisotopic (exact) mass is 328 g/mol. The lowest BCUT2D eigenvalue weighted by molar-refractivity contribution is 0.586. The van der Waals surface area contributed by atoms with Crippen LogP contribution in [-0.2, 0) is 17.7 Å². The van der Waals surface area contributed by atoms with E-state index in [-0.39, 0.29) is 0 Å². The number of imidazole rings is 1. The zero-order valence-corrected chi connectivity index (χ0v) is 14.1. The number of pyridine rings is 1. The number of rotatable bonds is 5. The van der Waals surface area contributed by atoms with Crippen LogP contribution in [0.5, 0.6) is 0 Å². The molecular formula is C17H20N4OS. The third kappa shape index (κ3) is 3.18. The van der Waals surface area contributed by atoms with E-state index in [0.29, 0.717) is 11.6 Å². The van der Waals surface area contributed by atoms with Gasteiger partial charge in [-0.3, -0.25) is 0 Å². The Labute approximate surface area is 138 Å². The van der Waals surface area contributed by atoms with Crippen molar-refractivity contribution < 1.29 is 4.55 Å². The largest absolute Gasteiger partial charge is 0.611 e. The topological polar surface area (TPSA) is 79.8 Å². The first kappa shape index (κ1) is 15.8. The maximum Gasteiger partial charge on any atom is 0.152 e. The minimum Gasteiger partial charge on any atom is -0.611 e. The van der Waals surface area contributed by atoms with Gasteiger partial charge in [-0.2, -0.15) is 0 Å². The Morgan fingerprint density at radius 2 is 1.96 bits per heavy atom. The van der Waals surface area contributed by atoms with Crippen molar-refractivity contribution >= 4 is 28.0 Å². The molecule has 2 aromatic heterocycles. The standard InChI is InChI=1S/C17H20N4OS/c1-12-13(2)20-17(18)15-16(12)21(11-19-15)9-6-10-23(22)14-7-4-3-5-8-14/h3-5,7-8,11H,6,9-10H2,1-2H3,(H2,18,20). The predicted octanol–water partition coefficient (Wildman–Crippen LogP) is 2.83. The number of nitrogen functional groups attached to an aromatic ring is 1. The fourth-order valence-corrected chi connectivity index (χ4v) is 3.76. The Bertz CT molecular complexity index is 816. The molecule has 5 nitrogen and oxygen atoms in total. The Hall–Kier alpha value is -2.05. The van der Waals surface area contributed by atoms with Crippen molar-refractivity contribution in [3.8, 4) is 0 Å². The average Bonchev–Trinajstić information content (AvgIpc) is 2.98. The van der Waals surface area contributed by atoms with E-state index in [9.17, 15) is 4.55 Å². The number of hydrogen-bond acceptors (Lipinski definition) is 4. The van der Waals surface area contributed by atoms with Gasteiger partial charge < -0.3 is 14.9 Å². The molecule has 1 aromatic carbocycles. The second kappa shape index (κ2) is 6.60. The lowest BCUT2D eigenvalue weighted by atomic mass is 10.2. The van der Waals surface area contributed by atoms with Crippen molar-refractivity contribution in [2.45, 2.75) is 31.7 Å². The van der Waals surface area contributed by atoms with Crippen LogP contribution in [0.25, 0.3) is 11.0 Å². The van der Waals surface area contributed by atoms with Crippen LogP contribution in [0, 0.1) is 13.8 Å². The molecule has 2 N–H and O–H groups in total. The maximum absolute atomic E-state index is 12.3. The first-order valence-corrected chi connectivity index (χ1v) is 8.90. The van der Waals surface area contributed by atoms with E-state index in [4.69, 9.17) is 5.73 Å². The van der Waals surface area contributed by atoms with Crippen LogP contribution in [0.2, 0.25) is 0 Å². The summed E-state index contributed by atoms with van der Waals surface area (Å²) < 4.78 is 14.3. The third-order valence-corrected chi connectivity index (χ3v) is 5.46. The van der Waals surface area contributed by atoms with E-state index in [0.717, 1.165) is 40.2 Å². The molecule has 0 radical (unpaired) electrons. The molecule has 2 heterocycles. The zero-order valence-electron chi connectivity index (χ0n) is 13.3. The predicted molar refractivity (Wildman–Crippen MR) is 93.7 cm³/mol. The molecule has 0 aliphatic heterocycles. The molecule has 0 saturated heterocycles. The van der Waals surface area contributed by atoms with Crippen LogP contribution in [0.15, 0.2) is 41.6 Å². The number of benzene rings is 1. The van der Waals surface area contributed by atoms with Crippen molar-refractivity contribution in [2.75, 3.05) is 11.5 Å². The summed E-state index contributed by atoms with van der Waals surface area (Å²) in [6.45, 7) is 4.75. The Balaban J connectivity index is 1.73. The van der Waals surface area contributed by atoms with Gasteiger partial charge in [0.05, 0.1) is 11.8 Å². The van der Waals surface area contributed by atoms with Gasteiger partial charge in [-0.25, -0.2) is 9.97 Å². The van der Waals surface area contributed by atoms with Gasteiger partial charge >= 0.3 is 0 Å². The Morgan fingerprint density at radius 1 is 1.22 bits per heavy atom. The van der Waals surface area contributed by atoms with Crippen molar-refractivity contribution in [1.82, 2.24) is 14.5 Å². The number of anilines is 1. The molecule has 0 bridgehead atoms. The number of aromatic nitrogens is 3. The lowest BCUT2D eigenvalue weighted by Gasteiger charge is -2.12. The SMILES string of the molecule is Cc1nc(N)c2ncn(CCC[S+]([O-])c3ccccc3)c2c1C. The number of fused-ring (bicyclic) bond motifs is 1. The number of nitrogens with two attached hydrogens (primary N) is 1. The third-order valence-electron chi connectivity index (χ3n) is 4.00. The number of hydrogen-bond donors (Lipinski definition) is 1. The highest BCUT2D eigenvalue weighted by atomic mass is 32.2. The van der Waals surface area contributed by atoms with Crippen LogP contribution < -0.4 is 5.73 Å². The summed E-state index contributed by atoms with van der Waals surface area (Å²) >= 11 is -0.964. The summed E-state index contributed by atoms with van der Waals surface area (Å²) in [5.41, 5.74) is 9.75. The first-order chi connectivity index (χ1) is 11.1. The van der Waals surface area contributed by atoms with Crippen molar-refractivity contribution in [3.05, 3.63) is 47.9 Å². The van der Waals surface area contributed by atoms with E-state index >= 15 is 0 Å². The van der Waals surface area contributed by atoms with Crippen LogP contribution >= 0.6 is 0 Å². The molecule has 1 atom stereocenters. The molecule has 6 heteroatoms. The fourth-order valence-electron chi connectivity index (χ4n) is 2.68. The molecule has 0 spiro atoms. The van der Waals surface area contributed by atoms with Crippen molar-refractivity contribution in [1.29, 1.82) is 0 Å². The van der Waals surface area contributed by atoms with Gasteiger partial charge in [0.2, 0.25) is 0 Å². The molecule has 1 unspecified atom stereocenters. The molecule has 0 aliphatic rings. The van der Waals surface area contributed by atoms with Crippen LogP contribution in [0.3, 0.4) is 0 Å². The quantitative estimate of drug-likeness (QED) is 0.730. The van der Waals surface area contributed by atoms with Gasteiger partial charge in [-0.15, -0.1) is 0 Å². The molecule has 0 saturated carbocycles. The normalized spacial score (nSPS) is 12.7. The van der Waals surface area contributed by atoms with E-state index in [1.807, 2.05) is 44.2 Å². The first-order valence-electron chi connectivity index (χ1n) is 7.59. The molecule has 23 heavy (non-hydrogen) atoms. The summed E-state index contributed by atoms with van der Waals surface area (Å²) in [4.78, 5) is 9.57. The zero-order chi connectivity index (χ0) is 16.4. The highest BCUT2D eigenvalue weighted by Crippen LogP contribution is 2.24. The highest BCUT2D eigenvalue weighted by Gasteiger charge is 2.14. The van der Waals surface area contributed by atoms with E-state index < -0.39 is 11.2 Å². The molecule has 3 rings (SSSR count). The summed E-state index contributed by atoms with van der Waals surface area (Å²) in [6, 6.07) is 9.57. The maximum atomic E-state index is 12.3. The fraction of sp³-hybridized carbons (Fsp3) is 0.294. The van der Waals surface area contributed by atoms with E-state index in [2.05, 4.69) is 14.5 Å². The Morgan fingerprint density at radius 3 is 2.70 bits per heavy atom. The van der Waals surface area contributed by atoms with Crippen LogP contribution in [0.1, 0.15) is 17.7 Å². The van der Waals surface area contributed by atoms with Gasteiger partial charge in [0.25, 0.3) is 0 Å². The van der Waals surface area contributed by atoms with Crippen LogP contribution in [-0.4, -0.2) is 24.8 Å². The second-order valence-electron chi connectivity index (χ2n) is 5.56. The lowest BCUT2D eigenvalue weighted by Crippen LogP contribution is -2.10. The van der Waals surface area contributed by atoms with Gasteiger partial charge in [0.1, 0.15) is 11.3 Å². The van der Waals surface area contributed by atoms with E-state index in [1.165, 1.54) is 0 Å². The number of nitrogens with zero attached hydrogens (tertiary/aromatic N) is 3. The molecule has 120 valence electrons. The van der Waals surface area contributed by atoms with Crippen molar-refractivity contribution in [3.63, 3.8) is 0 Å². The average molecular weight is 328 g/mol. The smallest absolute Gasteiger partial charge is 0.152 e. The molecule has 0 amide bonds. The summed E-state index contributed by atoms with van der Waals surface area (Å²) in [5, 5.41) is 0. The van der Waals surface area contributed by atoms with Gasteiger partial charge in [-0.1, -0.05) is 18.2 Å². The Kier molecular flexibility index (Phi) is 4.54. The molecular weight excluding hydrogens is 308 g/mol. The summed E-state index contributed by atoms with van der Waals surface area (Å²) in [6.07, 6.45) is 2.61. The minimum absolute atomic E-state index is 0.467. The summed E-state index contributed by atoms with van der Waals surface area (Å²) in [7, 11) is 0. The summed E-state index contributed by atoms with van der Waals surface area (Å²) in [5.74, 6) is 1.09. The highest BCUT2D eigenvalue weighted by molar-refractivity contribution is 7.91. The second-order valence-corrected chi connectivity index (χ2v) is 7.13. The molecule has 0 fully saturated rings. The van der Waals surface area contributed by atoms with Gasteiger partial charge in [-0.05, 0) is 42.7 Å². The van der Waals surface area contributed by atoms with Crippen LogP contribution in [0.4, 0.5) is 5.82 Å². The van der Waals surface area contributed by atoms with Crippen molar-refractivity contribution in [2.24, 2.45) is 0 Å².